The van der Waals surface area contributed by atoms with E-state index in [-0.39, 0.29) is 5.57 Å². The van der Waals surface area contributed by atoms with E-state index in [0.717, 1.165) is 26.1 Å². The number of hydrogen-bond donors (Lipinski definition) is 1. The lowest BCUT2D eigenvalue weighted by atomic mass is 10.0. The van der Waals surface area contributed by atoms with Gasteiger partial charge in [-0.3, -0.25) is 14.9 Å². The average Bonchev–Trinajstić information content (AvgIpc) is 2.79. The molecule has 7 heteroatoms. The minimum atomic E-state index is -0.769. The molecule has 1 heterocycles. The number of amides is 4. The van der Waals surface area contributed by atoms with Crippen LogP contribution in [0.15, 0.2) is 76.8 Å². The maximum Gasteiger partial charge on any atom is 0.335 e. The second-order valence-electron chi connectivity index (χ2n) is 7.67. The molecule has 1 aliphatic rings. The summed E-state index contributed by atoms with van der Waals surface area (Å²) in [7, 11) is 0. The summed E-state index contributed by atoms with van der Waals surface area (Å²) in [4.78, 5) is 39.4. The molecule has 0 atom stereocenters. The average molecular weight is 505 g/mol. The third kappa shape index (κ3) is 4.73. The highest BCUT2D eigenvalue weighted by Crippen LogP contribution is 2.28. The summed E-state index contributed by atoms with van der Waals surface area (Å²) >= 11 is 3.50. The fraction of sp³-hybridized carbons (Fsp3) is 0.115. The molecular weight excluding hydrogens is 484 g/mol. The summed E-state index contributed by atoms with van der Waals surface area (Å²) in [6.45, 7) is 3.98. The van der Waals surface area contributed by atoms with Crippen molar-refractivity contribution in [3.63, 3.8) is 0 Å². The highest BCUT2D eigenvalue weighted by atomic mass is 79.9. The predicted molar refractivity (Wildman–Crippen MR) is 130 cm³/mol. The molecule has 0 unspecified atom stereocenters. The van der Waals surface area contributed by atoms with Crippen molar-refractivity contribution in [3.05, 3.63) is 99.0 Å². The van der Waals surface area contributed by atoms with E-state index in [2.05, 4.69) is 21.2 Å². The SMILES string of the molecule is Cc1ccc(C)c(N2C(=O)NC(=O)/C(=C\c3ccccc3OCc3ccccc3Br)C2=O)c1. The molecule has 6 nitrogen and oxygen atoms in total. The lowest BCUT2D eigenvalue weighted by Gasteiger charge is -2.28. The quantitative estimate of drug-likeness (QED) is 0.377. The number of ether oxygens (including phenoxy) is 1. The Morgan fingerprint density at radius 2 is 1.70 bits per heavy atom. The van der Waals surface area contributed by atoms with Gasteiger partial charge in [0.1, 0.15) is 17.9 Å². The lowest BCUT2D eigenvalue weighted by Crippen LogP contribution is -2.54. The van der Waals surface area contributed by atoms with E-state index in [1.165, 1.54) is 6.08 Å². The van der Waals surface area contributed by atoms with Crippen molar-refractivity contribution in [2.75, 3.05) is 4.90 Å². The molecule has 3 aromatic carbocycles. The molecule has 3 aromatic rings. The number of barbiturate groups is 1. The van der Waals surface area contributed by atoms with Crippen molar-refractivity contribution >= 4 is 45.5 Å². The number of urea groups is 1. The Morgan fingerprint density at radius 1 is 0.970 bits per heavy atom. The molecule has 1 saturated heterocycles. The molecule has 0 spiro atoms. The van der Waals surface area contributed by atoms with Crippen LogP contribution in [0.25, 0.3) is 6.08 Å². The number of hydrogen-bond acceptors (Lipinski definition) is 4. The fourth-order valence-corrected chi connectivity index (χ4v) is 3.89. The van der Waals surface area contributed by atoms with E-state index in [1.807, 2.05) is 49.4 Å². The van der Waals surface area contributed by atoms with Crippen LogP contribution in [0.1, 0.15) is 22.3 Å². The molecule has 1 N–H and O–H groups in total. The Hall–Kier alpha value is -3.71. The molecule has 1 aliphatic heterocycles. The van der Waals surface area contributed by atoms with Crippen LogP contribution >= 0.6 is 15.9 Å². The topological polar surface area (TPSA) is 75.7 Å². The Balaban J connectivity index is 1.67. The van der Waals surface area contributed by atoms with Gasteiger partial charge in [0.25, 0.3) is 11.8 Å². The molecule has 166 valence electrons. The van der Waals surface area contributed by atoms with Crippen molar-refractivity contribution in [2.45, 2.75) is 20.5 Å². The fourth-order valence-electron chi connectivity index (χ4n) is 3.49. The van der Waals surface area contributed by atoms with Gasteiger partial charge in [-0.25, -0.2) is 9.69 Å². The number of nitrogens with one attached hydrogen (secondary N) is 1. The number of imide groups is 2. The van der Waals surface area contributed by atoms with E-state index in [1.54, 1.807) is 31.2 Å². The second kappa shape index (κ2) is 9.42. The molecule has 0 bridgehead atoms. The summed E-state index contributed by atoms with van der Waals surface area (Å²) in [5.74, 6) is -0.915. The van der Waals surface area contributed by atoms with Gasteiger partial charge >= 0.3 is 6.03 Å². The van der Waals surface area contributed by atoms with Gasteiger partial charge in [-0.15, -0.1) is 0 Å². The number of halogens is 1. The molecule has 0 radical (unpaired) electrons. The minimum absolute atomic E-state index is 0.146. The molecule has 1 fully saturated rings. The lowest BCUT2D eigenvalue weighted by molar-refractivity contribution is -0.122. The zero-order valence-electron chi connectivity index (χ0n) is 18.1. The van der Waals surface area contributed by atoms with Crippen LogP contribution in [0.5, 0.6) is 5.75 Å². The van der Waals surface area contributed by atoms with E-state index in [0.29, 0.717) is 23.6 Å². The summed E-state index contributed by atoms with van der Waals surface area (Å²) in [6, 6.07) is 19.5. The van der Waals surface area contributed by atoms with Crippen LogP contribution in [0.2, 0.25) is 0 Å². The number of para-hydroxylation sites is 1. The third-order valence-corrected chi connectivity index (χ3v) is 6.04. The summed E-state index contributed by atoms with van der Waals surface area (Å²) < 4.78 is 6.91. The smallest absolute Gasteiger partial charge is 0.335 e. The molecule has 33 heavy (non-hydrogen) atoms. The predicted octanol–water partition coefficient (Wildman–Crippen LogP) is 5.31. The van der Waals surface area contributed by atoms with Crippen molar-refractivity contribution in [1.82, 2.24) is 5.32 Å². The number of benzene rings is 3. The number of anilines is 1. The number of carbonyl (C=O) groups is 3. The van der Waals surface area contributed by atoms with Gasteiger partial charge in [0.15, 0.2) is 0 Å². The highest BCUT2D eigenvalue weighted by Gasteiger charge is 2.37. The normalized spacial score (nSPS) is 15.1. The van der Waals surface area contributed by atoms with Crippen molar-refractivity contribution in [2.24, 2.45) is 0 Å². The first-order valence-electron chi connectivity index (χ1n) is 10.3. The standard InChI is InChI=1S/C26H21BrN2O4/c1-16-11-12-17(2)22(13-16)29-25(31)20(24(30)28-26(29)32)14-18-7-4-6-10-23(18)33-15-19-8-3-5-9-21(19)27/h3-14H,15H2,1-2H3,(H,28,30,32)/b20-14+. The maximum absolute atomic E-state index is 13.3. The van der Waals surface area contributed by atoms with Gasteiger partial charge < -0.3 is 4.74 Å². The van der Waals surface area contributed by atoms with Gasteiger partial charge in [0, 0.05) is 15.6 Å². The first kappa shape index (κ1) is 22.5. The van der Waals surface area contributed by atoms with Crippen LogP contribution in [0, 0.1) is 13.8 Å². The van der Waals surface area contributed by atoms with Crippen LogP contribution < -0.4 is 15.0 Å². The van der Waals surface area contributed by atoms with Crippen molar-refractivity contribution in [1.29, 1.82) is 0 Å². The van der Waals surface area contributed by atoms with Crippen molar-refractivity contribution in [3.8, 4) is 5.75 Å². The second-order valence-corrected chi connectivity index (χ2v) is 8.52. The number of carbonyl (C=O) groups excluding carboxylic acids is 3. The highest BCUT2D eigenvalue weighted by molar-refractivity contribution is 9.10. The van der Waals surface area contributed by atoms with E-state index < -0.39 is 17.8 Å². The van der Waals surface area contributed by atoms with Gasteiger partial charge in [-0.2, -0.15) is 0 Å². The Bertz CT molecular complexity index is 1300. The van der Waals surface area contributed by atoms with Crippen LogP contribution in [-0.2, 0) is 16.2 Å². The molecular formula is C26H21BrN2O4. The maximum atomic E-state index is 13.3. The summed E-state index contributed by atoms with van der Waals surface area (Å²) in [6.07, 6.45) is 1.46. The Kier molecular flexibility index (Phi) is 6.42. The van der Waals surface area contributed by atoms with E-state index >= 15 is 0 Å². The number of aryl methyl sites for hydroxylation is 2. The van der Waals surface area contributed by atoms with Gasteiger partial charge in [0.05, 0.1) is 5.69 Å². The van der Waals surface area contributed by atoms with Crippen molar-refractivity contribution < 1.29 is 19.1 Å². The first-order valence-corrected chi connectivity index (χ1v) is 11.1. The largest absolute Gasteiger partial charge is 0.488 e. The number of rotatable bonds is 5. The van der Waals surface area contributed by atoms with E-state index in [4.69, 9.17) is 4.74 Å². The van der Waals surface area contributed by atoms with Crippen LogP contribution in [0.3, 0.4) is 0 Å². The Morgan fingerprint density at radius 3 is 2.48 bits per heavy atom. The van der Waals surface area contributed by atoms with E-state index in [9.17, 15) is 14.4 Å². The summed E-state index contributed by atoms with van der Waals surface area (Å²) in [5, 5.41) is 2.27. The summed E-state index contributed by atoms with van der Waals surface area (Å²) in [5.41, 5.74) is 3.44. The van der Waals surface area contributed by atoms with Gasteiger partial charge in [-0.1, -0.05) is 64.5 Å². The minimum Gasteiger partial charge on any atom is -0.488 e. The van der Waals surface area contributed by atoms with Crippen LogP contribution in [-0.4, -0.2) is 17.8 Å². The third-order valence-electron chi connectivity index (χ3n) is 5.27. The molecule has 0 saturated carbocycles. The first-order chi connectivity index (χ1) is 15.8. The van der Waals surface area contributed by atoms with Gasteiger partial charge in [-0.05, 0) is 49.2 Å². The van der Waals surface area contributed by atoms with Crippen LogP contribution in [0.4, 0.5) is 10.5 Å². The molecule has 0 aromatic heterocycles. The Labute approximate surface area is 200 Å². The molecule has 0 aliphatic carbocycles. The zero-order valence-corrected chi connectivity index (χ0v) is 19.7. The zero-order chi connectivity index (χ0) is 23.5. The molecule has 4 rings (SSSR count). The van der Waals surface area contributed by atoms with Gasteiger partial charge in [0.2, 0.25) is 0 Å². The monoisotopic (exact) mass is 504 g/mol. The number of nitrogens with zero attached hydrogens (tertiary/aromatic N) is 1. The molecule has 4 amide bonds.